The molecule has 2 aromatic heterocycles. The SMILES string of the molecule is CC(=O)c1oc2nc(-c3ccc(Cl)cc3Cl)c(-c3ccc(Cl)cc3)cc2c1N. The number of carbonyl (C=O) groups excluding carboxylic acids is 1. The van der Waals surface area contributed by atoms with Crippen molar-refractivity contribution >= 4 is 57.4 Å². The molecular formula is C21H13Cl3N2O2. The summed E-state index contributed by atoms with van der Waals surface area (Å²) in [6.07, 6.45) is 0. The van der Waals surface area contributed by atoms with Crippen LogP contribution in [0.15, 0.2) is 52.9 Å². The lowest BCUT2D eigenvalue weighted by molar-refractivity contribution is 0.0990. The minimum atomic E-state index is -0.269. The number of ketones is 1. The predicted octanol–water partition coefficient (Wildman–Crippen LogP) is 6.91. The predicted molar refractivity (Wildman–Crippen MR) is 114 cm³/mol. The molecule has 0 radical (unpaired) electrons. The van der Waals surface area contributed by atoms with E-state index in [0.29, 0.717) is 31.7 Å². The smallest absolute Gasteiger partial charge is 0.229 e. The summed E-state index contributed by atoms with van der Waals surface area (Å²) in [7, 11) is 0. The van der Waals surface area contributed by atoms with Gasteiger partial charge >= 0.3 is 0 Å². The molecule has 0 aliphatic carbocycles. The van der Waals surface area contributed by atoms with Gasteiger partial charge in [0, 0.05) is 28.1 Å². The fraction of sp³-hybridized carbons (Fsp3) is 0.0476. The third-order valence-corrected chi connectivity index (χ3v) is 5.18. The van der Waals surface area contributed by atoms with Crippen LogP contribution in [0.3, 0.4) is 0 Å². The Hall–Kier alpha value is -2.53. The number of hydrogen-bond donors (Lipinski definition) is 1. The number of nitrogens with zero attached hydrogens (tertiary/aromatic N) is 1. The van der Waals surface area contributed by atoms with Crippen molar-refractivity contribution in [1.29, 1.82) is 0 Å². The number of hydrogen-bond acceptors (Lipinski definition) is 4. The summed E-state index contributed by atoms with van der Waals surface area (Å²) >= 11 is 18.5. The highest BCUT2D eigenvalue weighted by Gasteiger charge is 2.21. The highest BCUT2D eigenvalue weighted by Crippen LogP contribution is 2.40. The Morgan fingerprint density at radius 1 is 0.964 bits per heavy atom. The molecule has 0 saturated heterocycles. The van der Waals surface area contributed by atoms with Gasteiger partial charge in [-0.05, 0) is 42.0 Å². The molecule has 0 aliphatic rings. The van der Waals surface area contributed by atoms with Gasteiger partial charge in [-0.25, -0.2) is 4.98 Å². The number of Topliss-reactive ketones (excluding diaryl/α,β-unsaturated/α-hetero) is 1. The standard InChI is InChI=1S/C21H13Cl3N2O2/c1-10(27)20-18(25)16-9-15(11-2-4-12(22)5-3-11)19(26-21(16)28-20)14-7-6-13(23)8-17(14)24/h2-9H,25H2,1H3. The summed E-state index contributed by atoms with van der Waals surface area (Å²) in [5.74, 6) is -0.182. The highest BCUT2D eigenvalue weighted by atomic mass is 35.5. The maximum absolute atomic E-state index is 11.8. The molecule has 4 nitrogen and oxygen atoms in total. The average molecular weight is 432 g/mol. The molecule has 2 N–H and O–H groups in total. The van der Waals surface area contributed by atoms with Crippen LogP contribution >= 0.6 is 34.8 Å². The molecule has 0 amide bonds. The number of nitrogens with two attached hydrogens (primary N) is 1. The highest BCUT2D eigenvalue weighted by molar-refractivity contribution is 6.36. The Kier molecular flexibility index (Phi) is 4.79. The van der Waals surface area contributed by atoms with Crippen molar-refractivity contribution in [2.24, 2.45) is 0 Å². The van der Waals surface area contributed by atoms with E-state index in [1.54, 1.807) is 30.3 Å². The van der Waals surface area contributed by atoms with Crippen LogP contribution in [0.25, 0.3) is 33.5 Å². The van der Waals surface area contributed by atoms with Gasteiger partial charge in [0.15, 0.2) is 11.5 Å². The summed E-state index contributed by atoms with van der Waals surface area (Å²) in [5.41, 5.74) is 9.56. The molecule has 0 spiro atoms. The quantitative estimate of drug-likeness (QED) is 0.358. The topological polar surface area (TPSA) is 69.1 Å². The molecular weight excluding hydrogens is 419 g/mol. The molecule has 7 heteroatoms. The van der Waals surface area contributed by atoms with Gasteiger partial charge in [-0.3, -0.25) is 4.79 Å². The van der Waals surface area contributed by atoms with Crippen LogP contribution in [0, 0.1) is 0 Å². The number of fused-ring (bicyclic) bond motifs is 1. The van der Waals surface area contributed by atoms with Crippen molar-refractivity contribution < 1.29 is 9.21 Å². The van der Waals surface area contributed by atoms with Crippen molar-refractivity contribution in [2.75, 3.05) is 5.73 Å². The summed E-state index contributed by atoms with van der Waals surface area (Å²) < 4.78 is 5.62. The largest absolute Gasteiger partial charge is 0.432 e. The zero-order valence-electron chi connectivity index (χ0n) is 14.6. The number of rotatable bonds is 3. The van der Waals surface area contributed by atoms with E-state index in [9.17, 15) is 4.79 Å². The van der Waals surface area contributed by atoms with Gasteiger partial charge < -0.3 is 10.2 Å². The Bertz CT molecular complexity index is 1230. The van der Waals surface area contributed by atoms with Crippen LogP contribution < -0.4 is 5.73 Å². The Morgan fingerprint density at radius 2 is 1.64 bits per heavy atom. The fourth-order valence-electron chi connectivity index (χ4n) is 3.04. The second-order valence-corrected chi connectivity index (χ2v) is 7.55. The number of pyridine rings is 1. The molecule has 140 valence electrons. The van der Waals surface area contributed by atoms with E-state index in [-0.39, 0.29) is 22.9 Å². The van der Waals surface area contributed by atoms with E-state index >= 15 is 0 Å². The minimum Gasteiger partial charge on any atom is -0.432 e. The number of anilines is 1. The van der Waals surface area contributed by atoms with Gasteiger partial charge in [-0.15, -0.1) is 0 Å². The second-order valence-electron chi connectivity index (χ2n) is 6.27. The van der Waals surface area contributed by atoms with Gasteiger partial charge in [0.1, 0.15) is 0 Å². The molecule has 2 heterocycles. The lowest BCUT2D eigenvalue weighted by Crippen LogP contribution is -1.95. The fourth-order valence-corrected chi connectivity index (χ4v) is 3.66. The monoisotopic (exact) mass is 430 g/mol. The second kappa shape index (κ2) is 7.13. The van der Waals surface area contributed by atoms with Gasteiger partial charge in [0.2, 0.25) is 5.71 Å². The molecule has 0 bridgehead atoms. The third-order valence-electron chi connectivity index (χ3n) is 4.38. The number of nitrogen functional groups attached to an aromatic ring is 1. The van der Waals surface area contributed by atoms with Gasteiger partial charge in [-0.1, -0.05) is 46.9 Å². The zero-order valence-corrected chi connectivity index (χ0v) is 16.9. The van der Waals surface area contributed by atoms with Crippen molar-refractivity contribution in [3.63, 3.8) is 0 Å². The van der Waals surface area contributed by atoms with Crippen molar-refractivity contribution in [3.8, 4) is 22.4 Å². The first-order valence-corrected chi connectivity index (χ1v) is 9.44. The van der Waals surface area contributed by atoms with Crippen LogP contribution in [0.5, 0.6) is 0 Å². The summed E-state index contributed by atoms with van der Waals surface area (Å²) in [6, 6.07) is 14.3. The van der Waals surface area contributed by atoms with Crippen molar-refractivity contribution in [1.82, 2.24) is 4.98 Å². The van der Waals surface area contributed by atoms with Gasteiger partial charge in [0.25, 0.3) is 0 Å². The molecule has 0 unspecified atom stereocenters. The lowest BCUT2D eigenvalue weighted by atomic mass is 9.98. The molecule has 0 aliphatic heterocycles. The molecule has 4 aromatic rings. The zero-order chi connectivity index (χ0) is 20.0. The molecule has 4 rings (SSSR count). The van der Waals surface area contributed by atoms with E-state index in [4.69, 9.17) is 45.0 Å². The Labute approximate surface area is 175 Å². The van der Waals surface area contributed by atoms with E-state index in [1.165, 1.54) is 6.92 Å². The van der Waals surface area contributed by atoms with Crippen LogP contribution in [0.4, 0.5) is 5.69 Å². The molecule has 0 saturated carbocycles. The Morgan fingerprint density at radius 3 is 2.29 bits per heavy atom. The van der Waals surface area contributed by atoms with Crippen LogP contribution in [0.1, 0.15) is 17.5 Å². The molecule has 2 aromatic carbocycles. The number of halogens is 3. The number of carbonyl (C=O) groups is 1. The van der Waals surface area contributed by atoms with Gasteiger partial charge in [0.05, 0.1) is 21.8 Å². The summed E-state index contributed by atoms with van der Waals surface area (Å²) in [5, 5.41) is 2.14. The normalized spacial score (nSPS) is 11.1. The first kappa shape index (κ1) is 18.8. The number of benzene rings is 2. The lowest BCUT2D eigenvalue weighted by Gasteiger charge is -2.11. The van der Waals surface area contributed by atoms with E-state index < -0.39 is 0 Å². The third kappa shape index (κ3) is 3.24. The first-order valence-electron chi connectivity index (χ1n) is 8.30. The van der Waals surface area contributed by atoms with Crippen molar-refractivity contribution in [2.45, 2.75) is 6.92 Å². The first-order chi connectivity index (χ1) is 13.3. The number of furan rings is 1. The van der Waals surface area contributed by atoms with Crippen molar-refractivity contribution in [3.05, 3.63) is 69.4 Å². The maximum atomic E-state index is 11.8. The van der Waals surface area contributed by atoms with Crippen LogP contribution in [-0.4, -0.2) is 10.8 Å². The minimum absolute atomic E-state index is 0.0870. The molecule has 0 fully saturated rings. The Balaban J connectivity index is 2.06. The van der Waals surface area contributed by atoms with Gasteiger partial charge in [-0.2, -0.15) is 0 Å². The summed E-state index contributed by atoms with van der Waals surface area (Å²) in [6.45, 7) is 1.39. The van der Waals surface area contributed by atoms with Crippen LogP contribution in [-0.2, 0) is 0 Å². The van der Waals surface area contributed by atoms with Crippen LogP contribution in [0.2, 0.25) is 15.1 Å². The average Bonchev–Trinajstić information content (AvgIpc) is 2.98. The summed E-state index contributed by atoms with van der Waals surface area (Å²) in [4.78, 5) is 16.5. The van der Waals surface area contributed by atoms with E-state index in [2.05, 4.69) is 4.98 Å². The van der Waals surface area contributed by atoms with E-state index in [0.717, 1.165) is 11.1 Å². The maximum Gasteiger partial charge on any atom is 0.229 e. The number of aromatic nitrogens is 1. The molecule has 0 atom stereocenters. The van der Waals surface area contributed by atoms with E-state index in [1.807, 2.05) is 18.2 Å². The molecule has 28 heavy (non-hydrogen) atoms.